The molecule has 1 aromatic carbocycles. The molecule has 17 heavy (non-hydrogen) atoms. The van der Waals surface area contributed by atoms with E-state index in [0.29, 0.717) is 11.6 Å². The lowest BCUT2D eigenvalue weighted by atomic mass is 10.1. The van der Waals surface area contributed by atoms with E-state index in [1.807, 2.05) is 31.2 Å². The highest BCUT2D eigenvalue weighted by molar-refractivity contribution is 6.31. The molecule has 0 bridgehead atoms. The van der Waals surface area contributed by atoms with Crippen molar-refractivity contribution in [3.8, 4) is 0 Å². The molecule has 0 aliphatic carbocycles. The van der Waals surface area contributed by atoms with Crippen LogP contribution < -0.4 is 11.1 Å². The predicted molar refractivity (Wildman–Crippen MR) is 73.5 cm³/mol. The second kappa shape index (κ2) is 7.54. The number of halogens is 2. The second-order valence-electron chi connectivity index (χ2n) is 3.89. The molecule has 1 amide bonds. The number of hydrogen-bond acceptors (Lipinski definition) is 2. The molecule has 0 saturated carbocycles. The molecule has 2 unspecified atom stereocenters. The number of amides is 1. The maximum absolute atomic E-state index is 11.6. The van der Waals surface area contributed by atoms with Gasteiger partial charge in [-0.1, -0.05) is 36.7 Å². The van der Waals surface area contributed by atoms with Crippen molar-refractivity contribution in [1.82, 2.24) is 5.32 Å². The van der Waals surface area contributed by atoms with Crippen LogP contribution in [0, 0.1) is 5.92 Å². The Morgan fingerprint density at radius 2 is 2.00 bits per heavy atom. The van der Waals surface area contributed by atoms with Crippen LogP contribution in [0.5, 0.6) is 0 Å². The van der Waals surface area contributed by atoms with Crippen LogP contribution in [0.2, 0.25) is 5.02 Å². The number of rotatable bonds is 4. The summed E-state index contributed by atoms with van der Waals surface area (Å²) >= 11 is 6.04. The second-order valence-corrected chi connectivity index (χ2v) is 4.30. The molecule has 3 nitrogen and oxygen atoms in total. The Labute approximate surface area is 113 Å². The average Bonchev–Trinajstić information content (AvgIpc) is 2.28. The third-order valence-electron chi connectivity index (χ3n) is 2.53. The van der Waals surface area contributed by atoms with E-state index < -0.39 is 0 Å². The highest BCUT2D eigenvalue weighted by Crippen LogP contribution is 2.22. The normalized spacial score (nSPS) is 13.4. The highest BCUT2D eigenvalue weighted by atomic mass is 35.5. The Morgan fingerprint density at radius 3 is 2.53 bits per heavy atom. The molecule has 1 rings (SSSR count). The number of carbonyl (C=O) groups excluding carboxylic acids is 1. The van der Waals surface area contributed by atoms with Gasteiger partial charge in [-0.25, -0.2) is 0 Å². The molecule has 0 saturated heterocycles. The van der Waals surface area contributed by atoms with Crippen LogP contribution in [0.25, 0.3) is 0 Å². The molecule has 0 spiro atoms. The van der Waals surface area contributed by atoms with E-state index in [1.54, 1.807) is 6.92 Å². The summed E-state index contributed by atoms with van der Waals surface area (Å²) in [6.45, 7) is 4.05. The monoisotopic (exact) mass is 276 g/mol. The first kappa shape index (κ1) is 16.2. The quantitative estimate of drug-likeness (QED) is 0.888. The van der Waals surface area contributed by atoms with Gasteiger partial charge in [-0.05, 0) is 18.6 Å². The van der Waals surface area contributed by atoms with E-state index in [0.717, 1.165) is 5.56 Å². The lowest BCUT2D eigenvalue weighted by Gasteiger charge is -2.18. The molecular weight excluding hydrogens is 259 g/mol. The van der Waals surface area contributed by atoms with Gasteiger partial charge in [0.1, 0.15) is 0 Å². The van der Waals surface area contributed by atoms with E-state index in [-0.39, 0.29) is 30.3 Å². The fraction of sp³-hybridized carbons (Fsp3) is 0.417. The molecular formula is C12H18Cl2N2O. The molecule has 0 fully saturated rings. The Hall–Kier alpha value is -0.770. The topological polar surface area (TPSA) is 55.1 Å². The zero-order valence-corrected chi connectivity index (χ0v) is 11.5. The van der Waals surface area contributed by atoms with Gasteiger partial charge in [-0.3, -0.25) is 4.79 Å². The van der Waals surface area contributed by atoms with Gasteiger partial charge < -0.3 is 11.1 Å². The third kappa shape index (κ3) is 4.54. The smallest absolute Gasteiger partial charge is 0.224 e. The summed E-state index contributed by atoms with van der Waals surface area (Å²) < 4.78 is 0. The van der Waals surface area contributed by atoms with Gasteiger partial charge >= 0.3 is 0 Å². The van der Waals surface area contributed by atoms with Crippen LogP contribution in [0.4, 0.5) is 0 Å². The summed E-state index contributed by atoms with van der Waals surface area (Å²) in [7, 11) is 0. The predicted octanol–water partition coefficient (Wildman–Crippen LogP) is 2.53. The Morgan fingerprint density at radius 1 is 1.41 bits per heavy atom. The van der Waals surface area contributed by atoms with Gasteiger partial charge in [-0.2, -0.15) is 0 Å². The third-order valence-corrected chi connectivity index (χ3v) is 2.88. The van der Waals surface area contributed by atoms with Crippen molar-refractivity contribution < 1.29 is 4.79 Å². The molecule has 0 aliphatic rings. The molecule has 0 heterocycles. The Bertz CT molecular complexity index is 371. The summed E-state index contributed by atoms with van der Waals surface area (Å²) in [5, 5.41) is 3.55. The minimum Gasteiger partial charge on any atom is -0.349 e. The number of benzene rings is 1. The van der Waals surface area contributed by atoms with Gasteiger partial charge in [-0.15, -0.1) is 12.4 Å². The Balaban J connectivity index is 0.00000256. The first-order chi connectivity index (χ1) is 7.56. The summed E-state index contributed by atoms with van der Waals surface area (Å²) in [6.07, 6.45) is 0. The fourth-order valence-corrected chi connectivity index (χ4v) is 1.67. The van der Waals surface area contributed by atoms with E-state index in [1.165, 1.54) is 0 Å². The summed E-state index contributed by atoms with van der Waals surface area (Å²) in [4.78, 5) is 11.6. The molecule has 2 atom stereocenters. The molecule has 5 heteroatoms. The lowest BCUT2D eigenvalue weighted by molar-refractivity contribution is -0.124. The van der Waals surface area contributed by atoms with E-state index >= 15 is 0 Å². The zero-order chi connectivity index (χ0) is 12.1. The number of nitrogens with two attached hydrogens (primary N) is 1. The SMILES string of the molecule is CC(CN)C(=O)NC(C)c1ccccc1Cl.Cl. The Kier molecular flexibility index (Phi) is 7.19. The largest absolute Gasteiger partial charge is 0.349 e. The van der Waals surface area contributed by atoms with Crippen molar-refractivity contribution in [1.29, 1.82) is 0 Å². The van der Waals surface area contributed by atoms with Crippen molar-refractivity contribution in [2.75, 3.05) is 6.54 Å². The van der Waals surface area contributed by atoms with Crippen molar-refractivity contribution in [3.63, 3.8) is 0 Å². The van der Waals surface area contributed by atoms with Crippen LogP contribution in [-0.4, -0.2) is 12.5 Å². The summed E-state index contributed by atoms with van der Waals surface area (Å²) in [5.74, 6) is -0.222. The van der Waals surface area contributed by atoms with Crippen LogP contribution >= 0.6 is 24.0 Å². The number of carbonyl (C=O) groups is 1. The molecule has 0 aliphatic heterocycles. The van der Waals surface area contributed by atoms with Crippen LogP contribution in [0.15, 0.2) is 24.3 Å². The van der Waals surface area contributed by atoms with Crippen molar-refractivity contribution in [3.05, 3.63) is 34.9 Å². The van der Waals surface area contributed by atoms with Gasteiger partial charge in [0.2, 0.25) is 5.91 Å². The number of hydrogen-bond donors (Lipinski definition) is 2. The van der Waals surface area contributed by atoms with Crippen molar-refractivity contribution >= 4 is 29.9 Å². The first-order valence-electron chi connectivity index (χ1n) is 5.31. The molecule has 96 valence electrons. The lowest BCUT2D eigenvalue weighted by Crippen LogP contribution is -2.34. The molecule has 3 N–H and O–H groups in total. The molecule has 1 aromatic rings. The van der Waals surface area contributed by atoms with Crippen LogP contribution in [-0.2, 0) is 4.79 Å². The first-order valence-corrected chi connectivity index (χ1v) is 5.69. The maximum Gasteiger partial charge on any atom is 0.224 e. The van der Waals surface area contributed by atoms with Crippen molar-refractivity contribution in [2.45, 2.75) is 19.9 Å². The standard InChI is InChI=1S/C12H17ClN2O.ClH/c1-8(7-14)12(16)15-9(2)10-5-3-4-6-11(10)13;/h3-6,8-9H,7,14H2,1-2H3,(H,15,16);1H. The minimum atomic E-state index is -0.176. The van der Waals surface area contributed by atoms with E-state index in [4.69, 9.17) is 17.3 Å². The van der Waals surface area contributed by atoms with Gasteiger partial charge in [0, 0.05) is 17.5 Å². The van der Waals surface area contributed by atoms with Crippen LogP contribution in [0.1, 0.15) is 25.5 Å². The molecule has 0 aromatic heterocycles. The van der Waals surface area contributed by atoms with Gasteiger partial charge in [0.25, 0.3) is 0 Å². The zero-order valence-electron chi connectivity index (χ0n) is 9.94. The van der Waals surface area contributed by atoms with Gasteiger partial charge in [0.15, 0.2) is 0 Å². The fourth-order valence-electron chi connectivity index (χ4n) is 1.37. The number of nitrogens with one attached hydrogen (secondary N) is 1. The minimum absolute atomic E-state index is 0. The summed E-state index contributed by atoms with van der Waals surface area (Å²) in [5.41, 5.74) is 6.35. The highest BCUT2D eigenvalue weighted by Gasteiger charge is 2.15. The summed E-state index contributed by atoms with van der Waals surface area (Å²) in [6, 6.07) is 7.38. The molecule has 0 radical (unpaired) electrons. The van der Waals surface area contributed by atoms with E-state index in [9.17, 15) is 4.79 Å². The van der Waals surface area contributed by atoms with Crippen molar-refractivity contribution in [2.24, 2.45) is 11.7 Å². The van der Waals surface area contributed by atoms with E-state index in [2.05, 4.69) is 5.32 Å². The van der Waals surface area contributed by atoms with Crippen LogP contribution in [0.3, 0.4) is 0 Å². The average molecular weight is 277 g/mol. The maximum atomic E-state index is 11.6. The van der Waals surface area contributed by atoms with Gasteiger partial charge in [0.05, 0.1) is 6.04 Å².